The number of halogens is 1. The van der Waals surface area contributed by atoms with Gasteiger partial charge in [0, 0.05) is 16.7 Å². The topological polar surface area (TPSA) is 72.2 Å². The fraction of sp³-hybridized carbons (Fsp3) is 0.238. The molecule has 0 unspecified atom stereocenters. The molecule has 27 heavy (non-hydrogen) atoms. The van der Waals surface area contributed by atoms with Crippen LogP contribution in [0.25, 0.3) is 0 Å². The maximum absolute atomic E-state index is 9.88. The minimum absolute atomic E-state index is 0.144. The van der Waals surface area contributed by atoms with Gasteiger partial charge in [-0.3, -0.25) is 0 Å². The SMILES string of the molecule is CC(C)C[n+]1cnc2c(c1N)[C@@H](c1ccc(Cl)cc1)c1ccc(O)cc1O2. The lowest BCUT2D eigenvalue weighted by molar-refractivity contribution is -0.691. The summed E-state index contributed by atoms with van der Waals surface area (Å²) >= 11 is 6.09. The molecule has 138 valence electrons. The van der Waals surface area contributed by atoms with Crippen molar-refractivity contribution in [2.75, 3.05) is 5.73 Å². The molecule has 0 aliphatic carbocycles. The van der Waals surface area contributed by atoms with Crippen LogP contribution in [0.1, 0.15) is 36.5 Å². The van der Waals surface area contributed by atoms with Crippen molar-refractivity contribution in [1.82, 2.24) is 4.98 Å². The first-order valence-electron chi connectivity index (χ1n) is 8.88. The van der Waals surface area contributed by atoms with Gasteiger partial charge >= 0.3 is 5.88 Å². The number of hydrogen-bond donors (Lipinski definition) is 2. The zero-order valence-corrected chi connectivity index (χ0v) is 15.9. The molecule has 0 saturated carbocycles. The molecule has 4 rings (SSSR count). The van der Waals surface area contributed by atoms with E-state index < -0.39 is 0 Å². The summed E-state index contributed by atoms with van der Waals surface area (Å²) in [6.45, 7) is 5.04. The zero-order valence-electron chi connectivity index (χ0n) is 15.2. The Labute approximate surface area is 163 Å². The Balaban J connectivity index is 1.94. The monoisotopic (exact) mass is 382 g/mol. The van der Waals surface area contributed by atoms with Crippen LogP contribution >= 0.6 is 11.6 Å². The lowest BCUT2D eigenvalue weighted by Crippen LogP contribution is -2.41. The summed E-state index contributed by atoms with van der Waals surface area (Å²) < 4.78 is 7.94. The Morgan fingerprint density at radius 1 is 1.22 bits per heavy atom. The molecule has 1 aliphatic rings. The van der Waals surface area contributed by atoms with Crippen LogP contribution in [0.15, 0.2) is 48.8 Å². The van der Waals surface area contributed by atoms with E-state index in [2.05, 4.69) is 18.8 Å². The van der Waals surface area contributed by atoms with Crippen molar-refractivity contribution in [2.24, 2.45) is 5.92 Å². The van der Waals surface area contributed by atoms with E-state index in [4.69, 9.17) is 22.1 Å². The molecule has 1 atom stereocenters. The summed E-state index contributed by atoms with van der Waals surface area (Å²) in [7, 11) is 0. The molecular formula is C21H21ClN3O2+. The first-order valence-corrected chi connectivity index (χ1v) is 9.26. The van der Waals surface area contributed by atoms with Gasteiger partial charge in [0.05, 0.1) is 12.5 Å². The summed E-state index contributed by atoms with van der Waals surface area (Å²) in [6, 6.07) is 12.8. The van der Waals surface area contributed by atoms with Crippen molar-refractivity contribution in [3.05, 3.63) is 70.5 Å². The number of phenols is 1. The standard InChI is InChI=1S/C21H20ClN3O2/c1-12(2)10-25-11-24-21-19(20(25)23)18(13-3-5-14(22)6-4-13)16-8-7-15(26)9-17(16)27-21/h3-9,11-12,18,23,26H,10H2,1-2H3/p+1/t18-/m0/s1. The highest BCUT2D eigenvalue weighted by Gasteiger charge is 2.36. The smallest absolute Gasteiger partial charge is 0.306 e. The normalized spacial score (nSPS) is 15.2. The van der Waals surface area contributed by atoms with Gasteiger partial charge in [-0.2, -0.15) is 0 Å². The minimum atomic E-state index is -0.159. The maximum atomic E-state index is 9.88. The van der Waals surface area contributed by atoms with Crippen LogP contribution < -0.4 is 15.0 Å². The minimum Gasteiger partial charge on any atom is -0.508 e. The maximum Gasteiger partial charge on any atom is 0.306 e. The Kier molecular flexibility index (Phi) is 4.40. The number of aromatic hydroxyl groups is 1. The third-order valence-electron chi connectivity index (χ3n) is 4.70. The van der Waals surface area contributed by atoms with Crippen LogP contribution in [0.5, 0.6) is 17.4 Å². The van der Waals surface area contributed by atoms with Crippen molar-refractivity contribution in [1.29, 1.82) is 0 Å². The van der Waals surface area contributed by atoms with Gasteiger partial charge in [-0.1, -0.05) is 48.6 Å². The number of rotatable bonds is 3. The Bertz CT molecular complexity index is 1000. The molecule has 5 nitrogen and oxygen atoms in total. The van der Waals surface area contributed by atoms with E-state index in [1.165, 1.54) is 0 Å². The van der Waals surface area contributed by atoms with Gasteiger partial charge in [0.1, 0.15) is 17.1 Å². The van der Waals surface area contributed by atoms with Gasteiger partial charge < -0.3 is 15.6 Å². The van der Waals surface area contributed by atoms with Crippen LogP contribution in [0.3, 0.4) is 0 Å². The molecule has 2 aromatic carbocycles. The molecule has 0 bridgehead atoms. The summed E-state index contributed by atoms with van der Waals surface area (Å²) in [4.78, 5) is 4.51. The molecule has 6 heteroatoms. The first-order chi connectivity index (χ1) is 12.9. The van der Waals surface area contributed by atoms with Gasteiger partial charge in [-0.15, -0.1) is 0 Å². The van der Waals surface area contributed by atoms with E-state index in [1.54, 1.807) is 18.5 Å². The highest BCUT2D eigenvalue weighted by atomic mass is 35.5. The van der Waals surface area contributed by atoms with Crippen molar-refractivity contribution in [2.45, 2.75) is 26.3 Å². The summed E-state index contributed by atoms with van der Waals surface area (Å²) in [6.07, 6.45) is 1.71. The number of fused-ring (bicyclic) bond motifs is 2. The number of aromatic nitrogens is 2. The molecule has 0 fully saturated rings. The molecule has 1 aromatic heterocycles. The largest absolute Gasteiger partial charge is 0.508 e. The van der Waals surface area contributed by atoms with Crippen molar-refractivity contribution >= 4 is 17.4 Å². The van der Waals surface area contributed by atoms with Crippen LogP contribution in [-0.4, -0.2) is 10.1 Å². The predicted octanol–water partition coefficient (Wildman–Crippen LogP) is 4.25. The van der Waals surface area contributed by atoms with Crippen LogP contribution in [0.2, 0.25) is 5.02 Å². The number of phenolic OH excluding ortho intramolecular Hbond substituents is 1. The quantitative estimate of drug-likeness (QED) is 0.519. The third-order valence-corrected chi connectivity index (χ3v) is 4.95. The van der Waals surface area contributed by atoms with E-state index in [1.807, 2.05) is 34.9 Å². The van der Waals surface area contributed by atoms with Gasteiger partial charge in [-0.05, 0) is 29.7 Å². The highest BCUT2D eigenvalue weighted by molar-refractivity contribution is 6.30. The van der Waals surface area contributed by atoms with Crippen LogP contribution in [0, 0.1) is 5.92 Å². The third kappa shape index (κ3) is 3.19. The van der Waals surface area contributed by atoms with Gasteiger partial charge in [0.2, 0.25) is 12.1 Å². The average Bonchev–Trinajstić information content (AvgIpc) is 2.63. The molecule has 1 aliphatic heterocycles. The molecule has 0 radical (unpaired) electrons. The first kappa shape index (κ1) is 17.6. The Morgan fingerprint density at radius 3 is 2.67 bits per heavy atom. The van der Waals surface area contributed by atoms with E-state index >= 15 is 0 Å². The van der Waals surface area contributed by atoms with E-state index in [9.17, 15) is 5.11 Å². The molecule has 0 saturated heterocycles. The number of ether oxygens (including phenoxy) is 1. The summed E-state index contributed by atoms with van der Waals surface area (Å²) in [5.74, 6) is 2.09. The molecule has 3 N–H and O–H groups in total. The van der Waals surface area contributed by atoms with Gasteiger partial charge in [0.15, 0.2) is 0 Å². The number of benzene rings is 2. The van der Waals surface area contributed by atoms with Gasteiger partial charge in [0.25, 0.3) is 0 Å². The lowest BCUT2D eigenvalue weighted by Gasteiger charge is -2.27. The second-order valence-corrected chi connectivity index (χ2v) is 7.64. The average molecular weight is 383 g/mol. The highest BCUT2D eigenvalue weighted by Crippen LogP contribution is 2.48. The number of nitrogens with zero attached hydrogens (tertiary/aromatic N) is 2. The van der Waals surface area contributed by atoms with E-state index in [0.717, 1.165) is 23.2 Å². The molecule has 0 amide bonds. The molecule has 0 spiro atoms. The fourth-order valence-electron chi connectivity index (χ4n) is 3.52. The van der Waals surface area contributed by atoms with Crippen LogP contribution in [-0.2, 0) is 6.54 Å². The summed E-state index contributed by atoms with van der Waals surface area (Å²) in [5, 5.41) is 10.6. The second-order valence-electron chi connectivity index (χ2n) is 7.20. The number of nitrogen functional groups attached to an aromatic ring is 1. The zero-order chi connectivity index (χ0) is 19.1. The van der Waals surface area contributed by atoms with E-state index in [-0.39, 0.29) is 11.7 Å². The molecule has 2 heterocycles. The van der Waals surface area contributed by atoms with Crippen LogP contribution in [0.4, 0.5) is 5.82 Å². The van der Waals surface area contributed by atoms with Crippen molar-refractivity contribution in [3.8, 4) is 17.4 Å². The number of hydrogen-bond acceptors (Lipinski definition) is 4. The van der Waals surface area contributed by atoms with E-state index in [0.29, 0.717) is 28.4 Å². The summed E-state index contributed by atoms with van der Waals surface area (Å²) in [5.41, 5.74) is 9.36. The number of nitrogens with two attached hydrogens (primary N) is 1. The number of anilines is 1. The molecule has 3 aromatic rings. The second kappa shape index (κ2) is 6.74. The van der Waals surface area contributed by atoms with Crippen molar-refractivity contribution in [3.63, 3.8) is 0 Å². The Morgan fingerprint density at radius 2 is 1.96 bits per heavy atom. The molecular weight excluding hydrogens is 362 g/mol. The fourth-order valence-corrected chi connectivity index (χ4v) is 3.65. The Hall–Kier alpha value is -2.79. The lowest BCUT2D eigenvalue weighted by atomic mass is 9.83. The predicted molar refractivity (Wildman–Crippen MR) is 104 cm³/mol. The van der Waals surface area contributed by atoms with Crippen molar-refractivity contribution < 1.29 is 14.4 Å². The van der Waals surface area contributed by atoms with Gasteiger partial charge in [-0.25, -0.2) is 4.57 Å².